The molecule has 0 aliphatic carbocycles. The van der Waals surface area contributed by atoms with Crippen LogP contribution in [-0.2, 0) is 13.0 Å². The third-order valence-corrected chi connectivity index (χ3v) is 6.17. The Balaban J connectivity index is 1.33. The monoisotopic (exact) mass is 527 g/mol. The molecule has 0 fully saturated rings. The van der Waals surface area contributed by atoms with Crippen LogP contribution in [0.1, 0.15) is 11.4 Å². The molecule has 168 valence electrons. The van der Waals surface area contributed by atoms with Crippen molar-refractivity contribution in [2.75, 3.05) is 11.9 Å². The average molecular weight is 528 g/mol. The quantitative estimate of drug-likeness (QED) is 0.181. The lowest BCUT2D eigenvalue weighted by molar-refractivity contribution is -0.385. The highest BCUT2D eigenvalue weighted by Crippen LogP contribution is 2.29. The lowest BCUT2D eigenvalue weighted by atomic mass is 10.1. The number of aromatic nitrogens is 2. The summed E-state index contributed by atoms with van der Waals surface area (Å²) in [7, 11) is 0. The Hall–Kier alpha value is -3.41. The second-order valence-corrected chi connectivity index (χ2v) is 8.81. The molecule has 2 heterocycles. The number of amides is 1. The van der Waals surface area contributed by atoms with Crippen LogP contribution >= 0.6 is 27.3 Å². The molecule has 33 heavy (non-hydrogen) atoms. The number of ether oxygens (including phenoxy) is 1. The Morgan fingerprint density at radius 1 is 1.18 bits per heavy atom. The number of nitro groups is 1. The normalized spacial score (nSPS) is 10.8. The standard InChI is InChI=1S/C22H18BrN5O4S/c23-15-2-1-3-18(8-15)32-22(29)27-16-4-5-20-19(9-16)14(13-33-20)6-7-24-12-21-25-10-17(11-26-21)28(30)31/h1-5,8-11,13,24H,6-7,12H2,(H,27,29). The van der Waals surface area contributed by atoms with E-state index in [2.05, 4.69) is 41.9 Å². The van der Waals surface area contributed by atoms with Gasteiger partial charge in [-0.05, 0) is 65.7 Å². The molecular weight excluding hydrogens is 510 g/mol. The predicted molar refractivity (Wildman–Crippen MR) is 130 cm³/mol. The molecule has 4 aromatic rings. The van der Waals surface area contributed by atoms with Gasteiger partial charge in [0.1, 0.15) is 24.0 Å². The largest absolute Gasteiger partial charge is 0.417 e. The van der Waals surface area contributed by atoms with Gasteiger partial charge in [-0.25, -0.2) is 14.8 Å². The highest BCUT2D eigenvalue weighted by molar-refractivity contribution is 9.10. The Morgan fingerprint density at radius 3 is 2.76 bits per heavy atom. The number of hydrogen-bond donors (Lipinski definition) is 2. The first kappa shape index (κ1) is 22.8. The van der Waals surface area contributed by atoms with Crippen LogP contribution in [0.25, 0.3) is 10.1 Å². The summed E-state index contributed by atoms with van der Waals surface area (Å²) in [6, 6.07) is 12.8. The van der Waals surface area contributed by atoms with Crippen molar-refractivity contribution in [1.29, 1.82) is 0 Å². The van der Waals surface area contributed by atoms with Crippen molar-refractivity contribution in [3.63, 3.8) is 0 Å². The number of nitrogens with zero attached hydrogens (tertiary/aromatic N) is 3. The summed E-state index contributed by atoms with van der Waals surface area (Å²) in [5.41, 5.74) is 1.67. The fourth-order valence-corrected chi connectivity index (χ4v) is 4.45. The Kier molecular flexibility index (Phi) is 7.23. The zero-order chi connectivity index (χ0) is 23.2. The number of nitrogens with one attached hydrogen (secondary N) is 2. The summed E-state index contributed by atoms with van der Waals surface area (Å²) in [6.45, 7) is 1.09. The van der Waals surface area contributed by atoms with Crippen LogP contribution in [0, 0.1) is 10.1 Å². The zero-order valence-electron chi connectivity index (χ0n) is 17.2. The third kappa shape index (κ3) is 6.09. The molecule has 0 saturated carbocycles. The highest BCUT2D eigenvalue weighted by atomic mass is 79.9. The van der Waals surface area contributed by atoms with E-state index in [1.165, 1.54) is 12.4 Å². The van der Waals surface area contributed by atoms with Crippen LogP contribution in [0.15, 0.2) is 64.7 Å². The van der Waals surface area contributed by atoms with Gasteiger partial charge in [-0.15, -0.1) is 11.3 Å². The number of anilines is 1. The average Bonchev–Trinajstić information content (AvgIpc) is 3.19. The van der Waals surface area contributed by atoms with Crippen molar-refractivity contribution in [3.05, 3.63) is 86.2 Å². The zero-order valence-corrected chi connectivity index (χ0v) is 19.6. The molecule has 0 bridgehead atoms. The molecule has 0 spiro atoms. The highest BCUT2D eigenvalue weighted by Gasteiger charge is 2.10. The fourth-order valence-electron chi connectivity index (χ4n) is 3.09. The van der Waals surface area contributed by atoms with Crippen molar-refractivity contribution in [3.8, 4) is 5.75 Å². The summed E-state index contributed by atoms with van der Waals surface area (Å²) >= 11 is 4.99. The van der Waals surface area contributed by atoms with E-state index in [9.17, 15) is 14.9 Å². The van der Waals surface area contributed by atoms with Crippen LogP contribution in [0.5, 0.6) is 5.75 Å². The first-order chi connectivity index (χ1) is 16.0. The van der Waals surface area contributed by atoms with E-state index in [1.54, 1.807) is 29.5 Å². The molecule has 2 aromatic heterocycles. The maximum absolute atomic E-state index is 12.3. The van der Waals surface area contributed by atoms with Crippen molar-refractivity contribution in [2.45, 2.75) is 13.0 Å². The molecule has 0 saturated heterocycles. The fraction of sp³-hybridized carbons (Fsp3) is 0.136. The number of hydrogen-bond acceptors (Lipinski definition) is 8. The van der Waals surface area contributed by atoms with Gasteiger partial charge in [-0.3, -0.25) is 15.4 Å². The third-order valence-electron chi connectivity index (χ3n) is 4.66. The lowest BCUT2D eigenvalue weighted by Gasteiger charge is -2.08. The van der Waals surface area contributed by atoms with Crippen molar-refractivity contribution in [1.82, 2.24) is 15.3 Å². The Labute approximate surface area is 201 Å². The van der Waals surface area contributed by atoms with Crippen molar-refractivity contribution in [2.24, 2.45) is 0 Å². The molecule has 9 nitrogen and oxygen atoms in total. The molecule has 0 radical (unpaired) electrons. The molecule has 1 amide bonds. The number of thiophene rings is 1. The molecule has 4 rings (SSSR count). The smallest absolute Gasteiger partial charge is 0.410 e. The first-order valence-electron chi connectivity index (χ1n) is 9.88. The van der Waals surface area contributed by atoms with E-state index in [0.717, 1.165) is 26.5 Å². The maximum atomic E-state index is 12.3. The van der Waals surface area contributed by atoms with E-state index in [4.69, 9.17) is 4.74 Å². The molecule has 0 aliphatic heterocycles. The molecule has 2 aromatic carbocycles. The topological polar surface area (TPSA) is 119 Å². The number of rotatable bonds is 8. The molecule has 11 heteroatoms. The molecule has 2 N–H and O–H groups in total. The van der Waals surface area contributed by atoms with Gasteiger partial charge in [0.05, 0.1) is 11.5 Å². The van der Waals surface area contributed by atoms with Gasteiger partial charge in [-0.2, -0.15) is 0 Å². The van der Waals surface area contributed by atoms with Gasteiger partial charge in [0, 0.05) is 14.9 Å². The Bertz CT molecular complexity index is 1300. The second kappa shape index (κ2) is 10.5. The van der Waals surface area contributed by atoms with Crippen LogP contribution < -0.4 is 15.4 Å². The van der Waals surface area contributed by atoms with Gasteiger partial charge in [0.25, 0.3) is 0 Å². The summed E-state index contributed by atoms with van der Waals surface area (Å²) < 4.78 is 7.27. The first-order valence-corrected chi connectivity index (χ1v) is 11.6. The van der Waals surface area contributed by atoms with Crippen LogP contribution in [-0.4, -0.2) is 27.5 Å². The van der Waals surface area contributed by atoms with Gasteiger partial charge < -0.3 is 10.1 Å². The van der Waals surface area contributed by atoms with Gasteiger partial charge >= 0.3 is 11.8 Å². The van der Waals surface area contributed by atoms with Gasteiger partial charge in [0.2, 0.25) is 0 Å². The van der Waals surface area contributed by atoms with Crippen molar-refractivity contribution < 1.29 is 14.5 Å². The minimum Gasteiger partial charge on any atom is -0.410 e. The number of carbonyl (C=O) groups excluding carboxylic acids is 1. The molecule has 0 aliphatic rings. The summed E-state index contributed by atoms with van der Waals surface area (Å²) in [5, 5.41) is 19.8. The van der Waals surface area contributed by atoms with Crippen molar-refractivity contribution >= 4 is 54.8 Å². The number of benzene rings is 2. The second-order valence-electron chi connectivity index (χ2n) is 6.99. The summed E-state index contributed by atoms with van der Waals surface area (Å²) in [5.74, 6) is 0.938. The van der Waals surface area contributed by atoms with E-state index < -0.39 is 11.0 Å². The van der Waals surface area contributed by atoms with Gasteiger partial charge in [0.15, 0.2) is 0 Å². The maximum Gasteiger partial charge on any atom is 0.417 e. The SMILES string of the molecule is O=C(Nc1ccc2scc(CCNCc3ncc([N+](=O)[O-])cn3)c2c1)Oc1cccc(Br)c1. The number of carbonyl (C=O) groups is 1. The van der Waals surface area contributed by atoms with E-state index in [-0.39, 0.29) is 5.69 Å². The lowest BCUT2D eigenvalue weighted by Crippen LogP contribution is -2.18. The number of fused-ring (bicyclic) bond motifs is 1. The molecular formula is C22H18BrN5O4S. The van der Waals surface area contributed by atoms with E-state index in [0.29, 0.717) is 30.4 Å². The van der Waals surface area contributed by atoms with E-state index in [1.807, 2.05) is 24.3 Å². The summed E-state index contributed by atoms with van der Waals surface area (Å²) in [6.07, 6.45) is 2.60. The van der Waals surface area contributed by atoms with E-state index >= 15 is 0 Å². The minimum atomic E-state index is -0.561. The summed E-state index contributed by atoms with van der Waals surface area (Å²) in [4.78, 5) is 30.4. The van der Waals surface area contributed by atoms with Crippen LogP contribution in [0.2, 0.25) is 0 Å². The van der Waals surface area contributed by atoms with Crippen LogP contribution in [0.3, 0.4) is 0 Å². The van der Waals surface area contributed by atoms with Crippen LogP contribution in [0.4, 0.5) is 16.2 Å². The molecule has 0 unspecified atom stereocenters. The Morgan fingerprint density at radius 2 is 2.00 bits per heavy atom. The predicted octanol–water partition coefficient (Wildman–Crippen LogP) is 5.31. The van der Waals surface area contributed by atoms with Gasteiger partial charge in [-0.1, -0.05) is 22.0 Å². The molecule has 0 atom stereocenters. The minimum absolute atomic E-state index is 0.131. The number of halogens is 1.